The van der Waals surface area contributed by atoms with Crippen LogP contribution in [0.15, 0.2) is 40.8 Å². The van der Waals surface area contributed by atoms with Gasteiger partial charge in [-0.15, -0.1) is 22.7 Å². The van der Waals surface area contributed by atoms with Gasteiger partial charge in [0, 0.05) is 17.5 Å². The Morgan fingerprint density at radius 1 is 1.03 bits per heavy atom. The molecule has 0 radical (unpaired) electrons. The lowest BCUT2D eigenvalue weighted by molar-refractivity contribution is 0.0648. The van der Waals surface area contributed by atoms with Gasteiger partial charge < -0.3 is 10.0 Å². The second-order valence-electron chi connectivity index (χ2n) is 8.16. The highest BCUT2D eigenvalue weighted by atomic mass is 35.5. The van der Waals surface area contributed by atoms with Gasteiger partial charge in [-0.05, 0) is 64.4 Å². The number of hydrogen-bond acceptors (Lipinski definition) is 6. The molecule has 0 saturated heterocycles. The number of carbonyl (C=O) groups is 2. The number of benzene rings is 1. The topological polar surface area (TPSA) is 82.0 Å². The van der Waals surface area contributed by atoms with E-state index in [4.69, 9.17) is 23.2 Å². The number of nitrogens with one attached hydrogen (secondary N) is 1. The summed E-state index contributed by atoms with van der Waals surface area (Å²) in [5.41, 5.74) is 4.17. The summed E-state index contributed by atoms with van der Waals surface area (Å²) in [6.45, 7) is 9.53. The molecule has 34 heavy (non-hydrogen) atoms. The van der Waals surface area contributed by atoms with Gasteiger partial charge in [-0.3, -0.25) is 9.59 Å². The molecule has 0 saturated carbocycles. The fourth-order valence-electron chi connectivity index (χ4n) is 3.47. The van der Waals surface area contributed by atoms with Crippen LogP contribution >= 0.6 is 45.9 Å². The van der Waals surface area contributed by atoms with Crippen LogP contribution in [0.4, 0.5) is 0 Å². The minimum absolute atomic E-state index is 0.0466. The number of hydrazone groups is 1. The smallest absolute Gasteiger partial charge is 0.281 e. The normalized spacial score (nSPS) is 11.9. The van der Waals surface area contributed by atoms with Crippen molar-refractivity contribution >= 4 is 63.4 Å². The summed E-state index contributed by atoms with van der Waals surface area (Å²) in [5.74, 6) is -0.486. The van der Waals surface area contributed by atoms with E-state index < -0.39 is 5.91 Å². The Hall–Kier alpha value is -2.39. The fraction of sp³-hybridized carbons (Fsp3) is 0.292. The Morgan fingerprint density at radius 2 is 1.68 bits per heavy atom. The van der Waals surface area contributed by atoms with E-state index in [0.717, 1.165) is 16.9 Å². The zero-order chi connectivity index (χ0) is 25.2. The summed E-state index contributed by atoms with van der Waals surface area (Å²) in [6, 6.07) is 8.49. The highest BCUT2D eigenvalue weighted by molar-refractivity contribution is 7.16. The number of carbonyl (C=O) groups excluding carboxylic acids is 2. The zero-order valence-corrected chi connectivity index (χ0v) is 22.5. The third-order valence-electron chi connectivity index (χ3n) is 5.05. The molecule has 2 aromatic heterocycles. The van der Waals surface area contributed by atoms with Crippen LogP contribution in [0.25, 0.3) is 10.4 Å². The minimum Gasteiger partial charge on any atom is -0.506 e. The third-order valence-corrected chi connectivity index (χ3v) is 7.88. The Balaban J connectivity index is 1.74. The first-order valence-corrected chi connectivity index (χ1v) is 13.0. The first kappa shape index (κ1) is 26.2. The average Bonchev–Trinajstić information content (AvgIpc) is 3.40. The van der Waals surface area contributed by atoms with E-state index >= 15 is 0 Å². The van der Waals surface area contributed by atoms with E-state index in [0.29, 0.717) is 36.0 Å². The first-order chi connectivity index (χ1) is 16.0. The van der Waals surface area contributed by atoms with Crippen LogP contribution in [0.1, 0.15) is 59.5 Å². The molecule has 3 aromatic rings. The maximum Gasteiger partial charge on any atom is 0.281 e. The second kappa shape index (κ2) is 10.9. The number of nitrogens with zero attached hydrogens (tertiary/aromatic N) is 2. The summed E-state index contributed by atoms with van der Waals surface area (Å²) in [4.78, 5) is 28.7. The fourth-order valence-corrected chi connectivity index (χ4v) is 5.61. The van der Waals surface area contributed by atoms with Crippen molar-refractivity contribution in [3.8, 4) is 16.2 Å². The Kier molecular flexibility index (Phi) is 8.41. The van der Waals surface area contributed by atoms with Gasteiger partial charge in [-0.1, -0.05) is 29.3 Å². The van der Waals surface area contributed by atoms with Crippen LogP contribution in [-0.4, -0.2) is 39.6 Å². The van der Waals surface area contributed by atoms with E-state index in [1.165, 1.54) is 11.3 Å². The highest BCUT2D eigenvalue weighted by Crippen LogP contribution is 2.40. The van der Waals surface area contributed by atoms with Crippen molar-refractivity contribution in [3.63, 3.8) is 0 Å². The highest BCUT2D eigenvalue weighted by Gasteiger charge is 2.24. The van der Waals surface area contributed by atoms with Gasteiger partial charge in [0.15, 0.2) is 0 Å². The van der Waals surface area contributed by atoms with Gasteiger partial charge in [0.2, 0.25) is 0 Å². The maximum atomic E-state index is 12.8. The van der Waals surface area contributed by atoms with Crippen molar-refractivity contribution in [1.29, 1.82) is 0 Å². The molecule has 0 aliphatic carbocycles. The quantitative estimate of drug-likeness (QED) is 0.254. The molecule has 6 nitrogen and oxygen atoms in total. The zero-order valence-electron chi connectivity index (χ0n) is 19.3. The summed E-state index contributed by atoms with van der Waals surface area (Å²) < 4.78 is 0. The molecule has 0 atom stereocenters. The van der Waals surface area contributed by atoms with Crippen LogP contribution in [0, 0.1) is 0 Å². The number of rotatable bonds is 7. The van der Waals surface area contributed by atoms with Crippen LogP contribution in [0.3, 0.4) is 0 Å². The molecule has 180 valence electrons. The van der Waals surface area contributed by atoms with Crippen molar-refractivity contribution in [3.05, 3.63) is 61.1 Å². The van der Waals surface area contributed by atoms with Gasteiger partial charge in [-0.25, -0.2) is 5.43 Å². The van der Waals surface area contributed by atoms with E-state index in [9.17, 15) is 14.7 Å². The Morgan fingerprint density at radius 3 is 2.29 bits per heavy atom. The van der Waals surface area contributed by atoms with Crippen molar-refractivity contribution < 1.29 is 14.7 Å². The first-order valence-electron chi connectivity index (χ1n) is 10.5. The third kappa shape index (κ3) is 5.63. The predicted octanol–water partition coefficient (Wildman–Crippen LogP) is 6.90. The molecule has 2 heterocycles. The van der Waals surface area contributed by atoms with Crippen molar-refractivity contribution in [2.24, 2.45) is 5.10 Å². The molecule has 0 aliphatic heterocycles. The monoisotopic (exact) mass is 537 g/mol. The molecule has 10 heteroatoms. The lowest BCUT2D eigenvalue weighted by atomic mass is 10.1. The summed E-state index contributed by atoms with van der Waals surface area (Å²) in [5, 5.41) is 17.4. The predicted molar refractivity (Wildman–Crippen MR) is 142 cm³/mol. The molecule has 0 bridgehead atoms. The maximum absolute atomic E-state index is 12.8. The molecule has 3 rings (SSSR count). The van der Waals surface area contributed by atoms with Crippen LogP contribution in [0.2, 0.25) is 10.0 Å². The molecule has 0 aliphatic rings. The van der Waals surface area contributed by atoms with Crippen molar-refractivity contribution in [1.82, 2.24) is 10.3 Å². The van der Waals surface area contributed by atoms with Crippen LogP contribution in [0.5, 0.6) is 5.75 Å². The molecule has 1 aromatic carbocycles. The number of thiophene rings is 2. The van der Waals surface area contributed by atoms with E-state index in [2.05, 4.69) is 10.5 Å². The standard InChI is InChI=1S/C24H25Cl2N3O3S2/c1-12(2)29(13(3)4)24(32)20-9-8-19(34-20)23(31)28-27-14(5)16-11-33-22(21(16)30)15-6-7-17(25)18(26)10-15/h6-13,30H,1-5H3,(H,28,31)/b27-14+. The average molecular weight is 539 g/mol. The van der Waals surface area contributed by atoms with Crippen molar-refractivity contribution in [2.75, 3.05) is 0 Å². The minimum atomic E-state index is -0.427. The Labute approximate surface area is 216 Å². The summed E-state index contributed by atoms with van der Waals surface area (Å²) in [6.07, 6.45) is 0. The van der Waals surface area contributed by atoms with Gasteiger partial charge in [0.1, 0.15) is 5.75 Å². The SMILES string of the molecule is C/C(=N\NC(=O)c1ccc(C(=O)N(C(C)C)C(C)C)s1)c1csc(-c2ccc(Cl)c(Cl)c2)c1O. The largest absolute Gasteiger partial charge is 0.506 e. The van der Waals surface area contributed by atoms with Crippen molar-refractivity contribution in [2.45, 2.75) is 46.7 Å². The van der Waals surface area contributed by atoms with Crippen LogP contribution in [-0.2, 0) is 0 Å². The molecule has 2 N–H and O–H groups in total. The van der Waals surface area contributed by atoms with Gasteiger partial charge in [-0.2, -0.15) is 5.10 Å². The molecular weight excluding hydrogens is 513 g/mol. The summed E-state index contributed by atoms with van der Waals surface area (Å²) >= 11 is 14.5. The van der Waals surface area contributed by atoms with Crippen LogP contribution < -0.4 is 5.43 Å². The van der Waals surface area contributed by atoms with E-state index in [1.54, 1.807) is 47.5 Å². The molecular formula is C24H25Cl2N3O3S2. The van der Waals surface area contributed by atoms with Gasteiger partial charge in [0.25, 0.3) is 11.8 Å². The van der Waals surface area contributed by atoms with E-state index in [-0.39, 0.29) is 23.7 Å². The second-order valence-corrected chi connectivity index (χ2v) is 10.9. The van der Waals surface area contributed by atoms with Gasteiger partial charge in [0.05, 0.1) is 36.0 Å². The lowest BCUT2D eigenvalue weighted by Crippen LogP contribution is -2.41. The number of hydrogen-bond donors (Lipinski definition) is 2. The lowest BCUT2D eigenvalue weighted by Gasteiger charge is -2.30. The number of halogens is 2. The number of amides is 2. The molecule has 0 spiro atoms. The molecule has 2 amide bonds. The molecule has 0 fully saturated rings. The molecule has 0 unspecified atom stereocenters. The number of aromatic hydroxyl groups is 1. The van der Waals surface area contributed by atoms with Gasteiger partial charge >= 0.3 is 0 Å². The van der Waals surface area contributed by atoms with E-state index in [1.807, 2.05) is 27.7 Å². The summed E-state index contributed by atoms with van der Waals surface area (Å²) in [7, 11) is 0. The Bertz CT molecular complexity index is 1240.